The van der Waals surface area contributed by atoms with E-state index in [0.717, 1.165) is 16.8 Å². The molecule has 0 aliphatic rings. The van der Waals surface area contributed by atoms with Crippen LogP contribution in [0.4, 0.5) is 11.4 Å². The van der Waals surface area contributed by atoms with Crippen LogP contribution in [0.25, 0.3) is 22.8 Å². The molecular formula is C18H20N10O. The number of hydrogen-bond donors (Lipinski definition) is 3. The van der Waals surface area contributed by atoms with Crippen LogP contribution in [0.15, 0.2) is 36.4 Å². The number of benzene rings is 2. The molecule has 0 saturated heterocycles. The van der Waals surface area contributed by atoms with E-state index < -0.39 is 6.23 Å². The number of aromatic nitrogens is 8. The number of aryl methyl sites for hydroxylation is 3. The number of nitrogens with one attached hydrogen (secondary N) is 1. The highest BCUT2D eigenvalue weighted by Crippen LogP contribution is 2.28. The van der Waals surface area contributed by atoms with E-state index >= 15 is 0 Å². The van der Waals surface area contributed by atoms with Gasteiger partial charge in [-0.2, -0.15) is 0 Å². The summed E-state index contributed by atoms with van der Waals surface area (Å²) in [5.74, 6) is 1.19. The molecule has 4 aromatic rings. The van der Waals surface area contributed by atoms with Gasteiger partial charge in [-0.25, -0.2) is 9.36 Å². The smallest absolute Gasteiger partial charge is 0.181 e. The molecule has 29 heavy (non-hydrogen) atoms. The summed E-state index contributed by atoms with van der Waals surface area (Å²) in [4.78, 5) is 0. The second kappa shape index (κ2) is 7.28. The van der Waals surface area contributed by atoms with Crippen molar-refractivity contribution in [2.45, 2.75) is 13.2 Å². The molecule has 11 heteroatoms. The van der Waals surface area contributed by atoms with E-state index in [2.05, 4.69) is 36.4 Å². The summed E-state index contributed by atoms with van der Waals surface area (Å²) in [6.45, 7) is 1.96. The average Bonchev–Trinajstić information content (AvgIpc) is 3.28. The van der Waals surface area contributed by atoms with Crippen molar-refractivity contribution in [3.63, 3.8) is 0 Å². The third-order valence-electron chi connectivity index (χ3n) is 4.43. The second-order valence-electron chi connectivity index (χ2n) is 6.78. The van der Waals surface area contributed by atoms with E-state index in [9.17, 15) is 5.11 Å². The summed E-state index contributed by atoms with van der Waals surface area (Å²) in [5.41, 5.74) is 10.4. The SMILES string of the molecule is Cc1cc(NC(O)c2cc(N)cc(-c3nnnn3C)c2)cc(-c2nnnn2C)c1. The van der Waals surface area contributed by atoms with Crippen LogP contribution in [0.2, 0.25) is 0 Å². The van der Waals surface area contributed by atoms with Crippen LogP contribution < -0.4 is 11.1 Å². The highest BCUT2D eigenvalue weighted by atomic mass is 16.3. The third kappa shape index (κ3) is 3.75. The minimum absolute atomic E-state index is 0.497. The molecule has 0 bridgehead atoms. The Morgan fingerprint density at radius 1 is 0.897 bits per heavy atom. The predicted octanol–water partition coefficient (Wildman–Crippen LogP) is 1.06. The highest BCUT2D eigenvalue weighted by molar-refractivity contribution is 5.66. The average molecular weight is 392 g/mol. The molecule has 148 valence electrons. The molecule has 0 fully saturated rings. The van der Waals surface area contributed by atoms with Crippen molar-refractivity contribution < 1.29 is 5.11 Å². The van der Waals surface area contributed by atoms with Gasteiger partial charge in [-0.1, -0.05) is 0 Å². The Balaban J connectivity index is 1.64. The molecule has 2 heterocycles. The van der Waals surface area contributed by atoms with E-state index in [4.69, 9.17) is 5.73 Å². The molecule has 1 unspecified atom stereocenters. The minimum Gasteiger partial charge on any atom is -0.399 e. The van der Waals surface area contributed by atoms with Crippen molar-refractivity contribution in [3.05, 3.63) is 47.5 Å². The Hall–Kier alpha value is -3.86. The number of nitrogen functional groups attached to an aromatic ring is 1. The van der Waals surface area contributed by atoms with Crippen LogP contribution in [-0.4, -0.2) is 45.5 Å². The van der Waals surface area contributed by atoms with Gasteiger partial charge >= 0.3 is 0 Å². The number of rotatable bonds is 5. The van der Waals surface area contributed by atoms with Gasteiger partial charge in [0.15, 0.2) is 17.9 Å². The maximum Gasteiger partial charge on any atom is 0.181 e. The normalized spacial score (nSPS) is 12.1. The van der Waals surface area contributed by atoms with Crippen LogP contribution >= 0.6 is 0 Å². The topological polar surface area (TPSA) is 145 Å². The monoisotopic (exact) mass is 392 g/mol. The van der Waals surface area contributed by atoms with Gasteiger partial charge in [-0.05, 0) is 69.7 Å². The van der Waals surface area contributed by atoms with Crippen LogP contribution in [0.5, 0.6) is 0 Å². The van der Waals surface area contributed by atoms with E-state index in [1.807, 2.05) is 25.1 Å². The number of tetrazole rings is 2. The summed E-state index contributed by atoms with van der Waals surface area (Å²) in [7, 11) is 3.51. The van der Waals surface area contributed by atoms with Crippen molar-refractivity contribution in [2.24, 2.45) is 14.1 Å². The highest BCUT2D eigenvalue weighted by Gasteiger charge is 2.15. The molecular weight excluding hydrogens is 372 g/mol. The van der Waals surface area contributed by atoms with Crippen LogP contribution in [0.3, 0.4) is 0 Å². The van der Waals surface area contributed by atoms with Gasteiger partial charge < -0.3 is 16.2 Å². The zero-order valence-electron chi connectivity index (χ0n) is 16.1. The summed E-state index contributed by atoms with van der Waals surface area (Å²) in [6.07, 6.45) is -0.995. The quantitative estimate of drug-likeness (QED) is 0.335. The fourth-order valence-corrected chi connectivity index (χ4v) is 3.15. The lowest BCUT2D eigenvalue weighted by Crippen LogP contribution is -2.11. The van der Waals surface area contributed by atoms with Gasteiger partial charge in [0.05, 0.1) is 0 Å². The molecule has 0 amide bonds. The second-order valence-corrected chi connectivity index (χ2v) is 6.78. The molecule has 0 spiro atoms. The van der Waals surface area contributed by atoms with Gasteiger partial charge in [-0.3, -0.25) is 0 Å². The van der Waals surface area contributed by atoms with Gasteiger partial charge in [0, 0.05) is 42.2 Å². The summed E-state index contributed by atoms with van der Waals surface area (Å²) < 4.78 is 3.13. The molecule has 2 aromatic heterocycles. The molecule has 4 N–H and O–H groups in total. The first-order chi connectivity index (χ1) is 13.9. The summed E-state index contributed by atoms with van der Waals surface area (Å²) >= 11 is 0. The number of nitrogens with two attached hydrogens (primary N) is 1. The lowest BCUT2D eigenvalue weighted by atomic mass is 10.1. The van der Waals surface area contributed by atoms with Gasteiger partial charge in [-0.15, -0.1) is 10.2 Å². The predicted molar refractivity (Wildman–Crippen MR) is 106 cm³/mol. The Morgan fingerprint density at radius 3 is 2.10 bits per heavy atom. The van der Waals surface area contributed by atoms with E-state index in [0.29, 0.717) is 28.5 Å². The molecule has 0 radical (unpaired) electrons. The fourth-order valence-electron chi connectivity index (χ4n) is 3.15. The number of aliphatic hydroxyl groups excluding tert-OH is 1. The van der Waals surface area contributed by atoms with Crippen LogP contribution in [-0.2, 0) is 14.1 Å². The molecule has 0 aliphatic heterocycles. The van der Waals surface area contributed by atoms with E-state index in [1.54, 1.807) is 41.7 Å². The molecule has 4 rings (SSSR count). The largest absolute Gasteiger partial charge is 0.399 e. The van der Waals surface area contributed by atoms with Crippen molar-refractivity contribution in [1.82, 2.24) is 40.4 Å². The molecule has 0 aliphatic carbocycles. The maximum atomic E-state index is 10.8. The summed E-state index contributed by atoms with van der Waals surface area (Å²) in [6, 6.07) is 11.0. The zero-order valence-corrected chi connectivity index (χ0v) is 16.1. The fraction of sp³-hybridized carbons (Fsp3) is 0.222. The van der Waals surface area contributed by atoms with E-state index in [1.165, 1.54) is 0 Å². The molecule has 0 saturated carbocycles. The van der Waals surface area contributed by atoms with Crippen molar-refractivity contribution in [2.75, 3.05) is 11.1 Å². The van der Waals surface area contributed by atoms with Gasteiger partial charge in [0.25, 0.3) is 0 Å². The van der Waals surface area contributed by atoms with Crippen molar-refractivity contribution in [3.8, 4) is 22.8 Å². The first-order valence-electron chi connectivity index (χ1n) is 8.83. The third-order valence-corrected chi connectivity index (χ3v) is 4.43. The van der Waals surface area contributed by atoms with Crippen molar-refractivity contribution in [1.29, 1.82) is 0 Å². The van der Waals surface area contributed by atoms with Gasteiger partial charge in [0.2, 0.25) is 0 Å². The number of aliphatic hydroxyl groups is 1. The first kappa shape index (κ1) is 18.5. The Labute approximate surface area is 166 Å². The number of nitrogens with zero attached hydrogens (tertiary/aromatic N) is 8. The summed E-state index contributed by atoms with van der Waals surface area (Å²) in [5, 5.41) is 36.9. The number of hydrogen-bond acceptors (Lipinski definition) is 9. The lowest BCUT2D eigenvalue weighted by molar-refractivity contribution is 0.208. The van der Waals surface area contributed by atoms with Gasteiger partial charge in [0.1, 0.15) is 0 Å². The lowest BCUT2D eigenvalue weighted by Gasteiger charge is -2.17. The Bertz CT molecular complexity index is 1170. The van der Waals surface area contributed by atoms with Crippen molar-refractivity contribution >= 4 is 11.4 Å². The Kier molecular flexibility index (Phi) is 4.64. The minimum atomic E-state index is -0.995. The Morgan fingerprint density at radius 2 is 1.52 bits per heavy atom. The first-order valence-corrected chi connectivity index (χ1v) is 8.83. The van der Waals surface area contributed by atoms with Crippen LogP contribution in [0, 0.1) is 6.92 Å². The standard InChI is InChI=1S/C18H20N10O/c1-10-4-11(16-21-23-25-27(16)2)9-15(5-10)20-18(29)13-6-12(7-14(19)8-13)17-22-24-26-28(17)3/h4-9,18,20,29H,19H2,1-3H3. The molecule has 2 aromatic carbocycles. The molecule has 11 nitrogen and oxygen atoms in total. The molecule has 1 atom stereocenters. The number of anilines is 2. The zero-order chi connectivity index (χ0) is 20.5. The van der Waals surface area contributed by atoms with Crippen LogP contribution in [0.1, 0.15) is 17.4 Å². The van der Waals surface area contributed by atoms with E-state index in [-0.39, 0.29) is 0 Å². The maximum absolute atomic E-state index is 10.8.